The van der Waals surface area contributed by atoms with E-state index < -0.39 is 0 Å². The second kappa shape index (κ2) is 3.60. The number of aliphatic hydroxyl groups is 1. The summed E-state index contributed by atoms with van der Waals surface area (Å²) in [6.45, 7) is -0.0360. The fraction of sp³-hybridized carbons (Fsp3) is 0.0833. The molecular weight excluding hydrogens is 176 g/mol. The van der Waals surface area contributed by atoms with E-state index in [0.717, 1.165) is 22.6 Å². The van der Waals surface area contributed by atoms with Gasteiger partial charge < -0.3 is 5.11 Å². The van der Waals surface area contributed by atoms with Crippen molar-refractivity contribution in [1.82, 2.24) is 0 Å². The number of fused-ring (bicyclic) bond motifs is 1. The van der Waals surface area contributed by atoms with E-state index in [0.29, 0.717) is 5.56 Å². The molecule has 0 unspecified atom stereocenters. The molecule has 70 valence electrons. The van der Waals surface area contributed by atoms with Crippen molar-refractivity contribution in [2.75, 3.05) is 0 Å². The molecule has 0 saturated carbocycles. The van der Waals surface area contributed by atoms with Crippen LogP contribution in [0.2, 0.25) is 0 Å². The highest BCUT2D eigenvalue weighted by Gasteiger charge is 2.01. The number of carbonyl (C=O) groups is 1. The minimum absolute atomic E-state index is 0.0360. The Kier molecular flexibility index (Phi) is 2.29. The molecule has 0 aromatic heterocycles. The molecule has 1 N–H and O–H groups in total. The van der Waals surface area contributed by atoms with Crippen LogP contribution in [-0.4, -0.2) is 11.4 Å². The first-order chi connectivity index (χ1) is 6.85. The van der Waals surface area contributed by atoms with Crippen LogP contribution in [0.1, 0.15) is 15.9 Å². The number of benzene rings is 2. The smallest absolute Gasteiger partial charge is 0.150 e. The van der Waals surface area contributed by atoms with Crippen molar-refractivity contribution in [2.24, 2.45) is 0 Å². The first-order valence-electron chi connectivity index (χ1n) is 4.43. The van der Waals surface area contributed by atoms with Crippen LogP contribution in [-0.2, 0) is 6.61 Å². The average Bonchev–Trinajstić information content (AvgIpc) is 2.27. The van der Waals surface area contributed by atoms with Crippen LogP contribution in [0, 0.1) is 0 Å². The van der Waals surface area contributed by atoms with E-state index in [2.05, 4.69) is 0 Å². The molecule has 0 heterocycles. The number of hydrogen-bond donors (Lipinski definition) is 1. The molecule has 0 fully saturated rings. The van der Waals surface area contributed by atoms with Crippen LogP contribution in [0.4, 0.5) is 0 Å². The summed E-state index contributed by atoms with van der Waals surface area (Å²) in [5, 5.41) is 10.9. The van der Waals surface area contributed by atoms with Crippen molar-refractivity contribution >= 4 is 17.1 Å². The minimum Gasteiger partial charge on any atom is -0.392 e. The highest BCUT2D eigenvalue weighted by Crippen LogP contribution is 2.19. The molecular formula is C12H10O2. The average molecular weight is 186 g/mol. The Bertz CT molecular complexity index is 475. The Morgan fingerprint density at radius 1 is 1.21 bits per heavy atom. The van der Waals surface area contributed by atoms with E-state index in [1.165, 1.54) is 0 Å². The first-order valence-corrected chi connectivity index (χ1v) is 4.43. The molecule has 14 heavy (non-hydrogen) atoms. The molecule has 0 spiro atoms. The maximum Gasteiger partial charge on any atom is 0.150 e. The molecule has 0 aliphatic rings. The van der Waals surface area contributed by atoms with Crippen LogP contribution in [0.25, 0.3) is 10.8 Å². The van der Waals surface area contributed by atoms with Gasteiger partial charge in [-0.2, -0.15) is 0 Å². The van der Waals surface area contributed by atoms with E-state index in [9.17, 15) is 4.79 Å². The number of aliphatic hydroxyl groups excluding tert-OH is 1. The van der Waals surface area contributed by atoms with E-state index in [4.69, 9.17) is 5.11 Å². The van der Waals surface area contributed by atoms with Crippen LogP contribution in [0.15, 0.2) is 36.4 Å². The van der Waals surface area contributed by atoms with Crippen LogP contribution >= 0.6 is 0 Å². The maximum atomic E-state index is 10.8. The van der Waals surface area contributed by atoms with Gasteiger partial charge in [0, 0.05) is 5.56 Å². The Labute approximate surface area is 81.8 Å². The SMILES string of the molecule is O=Cc1cc(CO)cc2ccccc12. The summed E-state index contributed by atoms with van der Waals surface area (Å²) >= 11 is 0. The predicted octanol–water partition coefficient (Wildman–Crippen LogP) is 2.14. The van der Waals surface area contributed by atoms with Gasteiger partial charge in [0.15, 0.2) is 6.29 Å². The predicted molar refractivity (Wildman–Crippen MR) is 55.3 cm³/mol. The van der Waals surface area contributed by atoms with Crippen molar-refractivity contribution < 1.29 is 9.90 Å². The zero-order valence-corrected chi connectivity index (χ0v) is 7.60. The van der Waals surface area contributed by atoms with Crippen molar-refractivity contribution in [3.8, 4) is 0 Å². The lowest BCUT2D eigenvalue weighted by Gasteiger charge is -2.03. The largest absolute Gasteiger partial charge is 0.392 e. The minimum atomic E-state index is -0.0360. The van der Waals surface area contributed by atoms with Gasteiger partial charge in [0.25, 0.3) is 0 Å². The summed E-state index contributed by atoms with van der Waals surface area (Å²) in [6, 6.07) is 11.3. The third-order valence-electron chi connectivity index (χ3n) is 2.26. The van der Waals surface area contributed by atoms with Gasteiger partial charge >= 0.3 is 0 Å². The summed E-state index contributed by atoms with van der Waals surface area (Å²) in [6.07, 6.45) is 0.821. The Hall–Kier alpha value is -1.67. The third kappa shape index (κ3) is 1.40. The quantitative estimate of drug-likeness (QED) is 0.729. The molecule has 0 radical (unpaired) electrons. The monoisotopic (exact) mass is 186 g/mol. The third-order valence-corrected chi connectivity index (χ3v) is 2.26. The van der Waals surface area contributed by atoms with Gasteiger partial charge in [-0.25, -0.2) is 0 Å². The second-order valence-corrected chi connectivity index (χ2v) is 3.18. The van der Waals surface area contributed by atoms with Gasteiger partial charge in [-0.1, -0.05) is 24.3 Å². The summed E-state index contributed by atoms with van der Waals surface area (Å²) in [4.78, 5) is 10.8. The standard InChI is InChI=1S/C12H10O2/c13-7-9-5-10-3-1-2-4-12(10)11(6-9)8-14/h1-6,8,13H,7H2. The van der Waals surface area contributed by atoms with Crippen LogP contribution in [0.3, 0.4) is 0 Å². The molecule has 0 aliphatic carbocycles. The molecule has 0 atom stereocenters. The zero-order valence-electron chi connectivity index (χ0n) is 7.60. The topological polar surface area (TPSA) is 37.3 Å². The number of hydrogen-bond acceptors (Lipinski definition) is 2. The summed E-state index contributed by atoms with van der Waals surface area (Å²) < 4.78 is 0. The van der Waals surface area contributed by atoms with Crippen molar-refractivity contribution in [3.63, 3.8) is 0 Å². The van der Waals surface area contributed by atoms with Gasteiger partial charge in [0.1, 0.15) is 0 Å². The van der Waals surface area contributed by atoms with Gasteiger partial charge in [-0.05, 0) is 28.5 Å². The Morgan fingerprint density at radius 3 is 2.71 bits per heavy atom. The molecule has 0 amide bonds. The Morgan fingerprint density at radius 2 is 2.00 bits per heavy atom. The number of aldehydes is 1. The lowest BCUT2D eigenvalue weighted by atomic mass is 10.0. The summed E-state index contributed by atoms with van der Waals surface area (Å²) in [5.41, 5.74) is 1.40. The van der Waals surface area contributed by atoms with Gasteiger partial charge in [0.05, 0.1) is 6.61 Å². The lowest BCUT2D eigenvalue weighted by molar-refractivity contribution is 0.112. The summed E-state index contributed by atoms with van der Waals surface area (Å²) in [5.74, 6) is 0. The molecule has 2 nitrogen and oxygen atoms in total. The molecule has 2 rings (SSSR count). The molecule has 2 aromatic carbocycles. The number of carbonyl (C=O) groups excluding carboxylic acids is 1. The highest BCUT2D eigenvalue weighted by atomic mass is 16.3. The van der Waals surface area contributed by atoms with Crippen LogP contribution in [0.5, 0.6) is 0 Å². The molecule has 0 bridgehead atoms. The second-order valence-electron chi connectivity index (χ2n) is 3.18. The van der Waals surface area contributed by atoms with Crippen molar-refractivity contribution in [1.29, 1.82) is 0 Å². The van der Waals surface area contributed by atoms with E-state index in [-0.39, 0.29) is 6.61 Å². The fourth-order valence-corrected chi connectivity index (χ4v) is 1.59. The van der Waals surface area contributed by atoms with E-state index in [1.807, 2.05) is 30.3 Å². The van der Waals surface area contributed by atoms with Gasteiger partial charge in [0.2, 0.25) is 0 Å². The lowest BCUT2D eigenvalue weighted by Crippen LogP contribution is -1.89. The molecule has 0 saturated heterocycles. The van der Waals surface area contributed by atoms with Gasteiger partial charge in [-0.3, -0.25) is 4.79 Å². The van der Waals surface area contributed by atoms with E-state index >= 15 is 0 Å². The molecule has 2 heteroatoms. The van der Waals surface area contributed by atoms with Crippen LogP contribution < -0.4 is 0 Å². The van der Waals surface area contributed by atoms with E-state index in [1.54, 1.807) is 6.07 Å². The van der Waals surface area contributed by atoms with Crippen molar-refractivity contribution in [3.05, 3.63) is 47.5 Å². The molecule has 2 aromatic rings. The van der Waals surface area contributed by atoms with Gasteiger partial charge in [-0.15, -0.1) is 0 Å². The maximum absolute atomic E-state index is 10.8. The highest BCUT2D eigenvalue weighted by molar-refractivity contribution is 5.98. The zero-order chi connectivity index (χ0) is 9.97. The normalized spacial score (nSPS) is 10.4. The fourth-order valence-electron chi connectivity index (χ4n) is 1.59. The number of rotatable bonds is 2. The Balaban J connectivity index is 2.79. The van der Waals surface area contributed by atoms with Crippen molar-refractivity contribution in [2.45, 2.75) is 6.61 Å². The summed E-state index contributed by atoms with van der Waals surface area (Å²) in [7, 11) is 0. The first kappa shape index (κ1) is 8.91. The molecule has 0 aliphatic heterocycles.